The molecule has 0 aliphatic carbocycles. The molecule has 0 atom stereocenters. The Morgan fingerprint density at radius 2 is 0.952 bits per heavy atom. The maximum Gasteiger partial charge on any atom is 0.0701 e. The zero-order valence-corrected chi connectivity index (χ0v) is 14.4. The summed E-state index contributed by atoms with van der Waals surface area (Å²) < 4.78 is 21.7. The van der Waals surface area contributed by atoms with E-state index in [2.05, 4.69) is 6.92 Å². The monoisotopic (exact) mass is 324 g/mol. The maximum absolute atomic E-state index is 5.61. The third-order valence-corrected chi connectivity index (χ3v) is 3.20. The molecule has 0 aromatic carbocycles. The van der Waals surface area contributed by atoms with Crippen LogP contribution in [-0.4, -0.2) is 58.7 Å². The molecule has 0 aliphatic heterocycles. The Balaban J connectivity index is 2.90. The Kier molecular flexibility index (Phi) is 20.3. The molecule has 4 nitrogen and oxygen atoms in total. The average Bonchev–Trinajstić information content (AvgIpc) is 2.50. The van der Waals surface area contributed by atoms with Gasteiger partial charge in [-0.25, -0.2) is 0 Å². The lowest BCUT2D eigenvalue weighted by molar-refractivity contribution is -0.00237. The van der Waals surface area contributed by atoms with Crippen LogP contribution in [0.1, 0.15) is 45.4 Å². The molecule has 0 aromatic rings. The van der Waals surface area contributed by atoms with Crippen molar-refractivity contribution in [1.82, 2.24) is 0 Å². The molecule has 0 amide bonds. The van der Waals surface area contributed by atoms with Crippen molar-refractivity contribution in [1.29, 1.82) is 0 Å². The fourth-order valence-corrected chi connectivity index (χ4v) is 1.85. The Bertz CT molecular complexity index is 164. The van der Waals surface area contributed by atoms with Gasteiger partial charge in [-0.3, -0.25) is 0 Å². The van der Waals surface area contributed by atoms with E-state index in [1.165, 1.54) is 19.3 Å². The second kappa shape index (κ2) is 20.1. The van der Waals surface area contributed by atoms with E-state index in [1.807, 2.05) is 0 Å². The number of unbranched alkanes of at least 4 members (excludes halogenated alkanes) is 4. The molecule has 0 spiro atoms. The minimum Gasteiger partial charge on any atom is -0.379 e. The van der Waals surface area contributed by atoms with Crippen LogP contribution in [0.5, 0.6) is 0 Å². The van der Waals surface area contributed by atoms with Crippen LogP contribution < -0.4 is 0 Å². The number of rotatable bonds is 18. The number of ether oxygens (including phenoxy) is 4. The van der Waals surface area contributed by atoms with Crippen LogP contribution >= 0.6 is 11.6 Å². The predicted molar refractivity (Wildman–Crippen MR) is 87.4 cm³/mol. The van der Waals surface area contributed by atoms with Crippen molar-refractivity contribution in [2.75, 3.05) is 58.7 Å². The molecular formula is C16H33ClO4. The van der Waals surface area contributed by atoms with Crippen molar-refractivity contribution >= 4 is 11.6 Å². The van der Waals surface area contributed by atoms with Gasteiger partial charge in [-0.05, 0) is 19.3 Å². The number of hydrogen-bond donors (Lipinski definition) is 0. The number of alkyl halides is 1. The third kappa shape index (κ3) is 20.1. The second-order valence-electron chi connectivity index (χ2n) is 4.91. The van der Waals surface area contributed by atoms with Gasteiger partial charge in [0.25, 0.3) is 0 Å². The standard InChI is InChI=1S/C16H33ClO4/c1-2-3-9-18-11-13-20-15-16-21-14-12-19-10-7-5-4-6-8-17/h2-16H2,1H3. The summed E-state index contributed by atoms with van der Waals surface area (Å²) in [5, 5.41) is 0. The molecule has 0 rings (SSSR count). The van der Waals surface area contributed by atoms with E-state index in [0.29, 0.717) is 39.6 Å². The molecule has 0 aliphatic rings. The van der Waals surface area contributed by atoms with E-state index in [-0.39, 0.29) is 0 Å². The normalized spacial score (nSPS) is 11.1. The molecule has 0 heterocycles. The topological polar surface area (TPSA) is 36.9 Å². The number of halogens is 1. The Morgan fingerprint density at radius 3 is 1.43 bits per heavy atom. The summed E-state index contributed by atoms with van der Waals surface area (Å²) in [6, 6.07) is 0. The zero-order chi connectivity index (χ0) is 15.4. The van der Waals surface area contributed by atoms with E-state index in [1.54, 1.807) is 0 Å². The van der Waals surface area contributed by atoms with Crippen molar-refractivity contribution in [2.24, 2.45) is 0 Å². The van der Waals surface area contributed by atoms with Gasteiger partial charge in [-0.2, -0.15) is 0 Å². The SMILES string of the molecule is CCCCOCCOCCOCCOCCCCCCCl. The molecule has 0 saturated carbocycles. The first kappa shape index (κ1) is 21.1. The zero-order valence-electron chi connectivity index (χ0n) is 13.6. The van der Waals surface area contributed by atoms with E-state index in [0.717, 1.165) is 38.4 Å². The van der Waals surface area contributed by atoms with Gasteiger partial charge >= 0.3 is 0 Å². The molecule has 5 heteroatoms. The van der Waals surface area contributed by atoms with Crippen molar-refractivity contribution in [2.45, 2.75) is 45.4 Å². The van der Waals surface area contributed by atoms with Gasteiger partial charge in [0, 0.05) is 19.1 Å². The van der Waals surface area contributed by atoms with E-state index in [4.69, 9.17) is 30.5 Å². The van der Waals surface area contributed by atoms with Gasteiger partial charge in [-0.1, -0.05) is 26.2 Å². The molecule has 0 saturated heterocycles. The summed E-state index contributed by atoms with van der Waals surface area (Å²) in [4.78, 5) is 0. The van der Waals surface area contributed by atoms with Crippen LogP contribution in [0.25, 0.3) is 0 Å². The lowest BCUT2D eigenvalue weighted by Gasteiger charge is -2.07. The van der Waals surface area contributed by atoms with Crippen molar-refractivity contribution in [3.63, 3.8) is 0 Å². The van der Waals surface area contributed by atoms with Crippen LogP contribution in [0.2, 0.25) is 0 Å². The van der Waals surface area contributed by atoms with Crippen molar-refractivity contribution in [3.8, 4) is 0 Å². The summed E-state index contributed by atoms with van der Waals surface area (Å²) in [6.45, 7) is 7.66. The first-order chi connectivity index (χ1) is 10.4. The van der Waals surface area contributed by atoms with Crippen LogP contribution in [0.15, 0.2) is 0 Å². The molecule has 0 aromatic heterocycles. The summed E-state index contributed by atoms with van der Waals surface area (Å²) in [5.74, 6) is 0.766. The highest BCUT2D eigenvalue weighted by atomic mass is 35.5. The fourth-order valence-electron chi connectivity index (χ4n) is 1.66. The summed E-state index contributed by atoms with van der Waals surface area (Å²) in [6.07, 6.45) is 6.90. The molecule has 0 radical (unpaired) electrons. The largest absolute Gasteiger partial charge is 0.379 e. The molecule has 0 N–H and O–H groups in total. The van der Waals surface area contributed by atoms with Crippen molar-refractivity contribution < 1.29 is 18.9 Å². The lowest BCUT2D eigenvalue weighted by Crippen LogP contribution is -2.12. The van der Waals surface area contributed by atoms with Crippen LogP contribution in [-0.2, 0) is 18.9 Å². The maximum atomic E-state index is 5.61. The Hall–Kier alpha value is 0.130. The van der Waals surface area contributed by atoms with Gasteiger partial charge < -0.3 is 18.9 Å². The first-order valence-corrected chi connectivity index (χ1v) is 8.82. The molecule has 0 unspecified atom stereocenters. The van der Waals surface area contributed by atoms with E-state index in [9.17, 15) is 0 Å². The molecule has 0 fully saturated rings. The van der Waals surface area contributed by atoms with Gasteiger partial charge in [0.2, 0.25) is 0 Å². The highest BCUT2D eigenvalue weighted by Gasteiger charge is 1.93. The molecule has 21 heavy (non-hydrogen) atoms. The molecule has 128 valence electrons. The van der Waals surface area contributed by atoms with E-state index < -0.39 is 0 Å². The summed E-state index contributed by atoms with van der Waals surface area (Å²) in [7, 11) is 0. The average molecular weight is 325 g/mol. The third-order valence-electron chi connectivity index (χ3n) is 2.93. The van der Waals surface area contributed by atoms with Gasteiger partial charge in [0.05, 0.1) is 39.6 Å². The smallest absolute Gasteiger partial charge is 0.0701 e. The minimum atomic E-state index is 0.619. The minimum absolute atomic E-state index is 0.619. The highest BCUT2D eigenvalue weighted by Crippen LogP contribution is 2.01. The van der Waals surface area contributed by atoms with Gasteiger partial charge in [0.1, 0.15) is 0 Å². The lowest BCUT2D eigenvalue weighted by atomic mass is 10.2. The quantitative estimate of drug-likeness (QED) is 0.285. The predicted octanol–water partition coefficient (Wildman–Crippen LogP) is 3.65. The highest BCUT2D eigenvalue weighted by molar-refractivity contribution is 6.17. The van der Waals surface area contributed by atoms with Crippen LogP contribution in [0, 0.1) is 0 Å². The molecule has 0 bridgehead atoms. The van der Waals surface area contributed by atoms with Crippen LogP contribution in [0.3, 0.4) is 0 Å². The second-order valence-corrected chi connectivity index (χ2v) is 5.28. The first-order valence-electron chi connectivity index (χ1n) is 8.28. The van der Waals surface area contributed by atoms with Gasteiger partial charge in [0.15, 0.2) is 0 Å². The Labute approximate surface area is 135 Å². The molecular weight excluding hydrogens is 292 g/mol. The number of hydrogen-bond acceptors (Lipinski definition) is 4. The fraction of sp³-hybridized carbons (Fsp3) is 1.00. The van der Waals surface area contributed by atoms with Crippen LogP contribution in [0.4, 0.5) is 0 Å². The summed E-state index contributed by atoms with van der Waals surface area (Å²) >= 11 is 5.61. The van der Waals surface area contributed by atoms with E-state index >= 15 is 0 Å². The van der Waals surface area contributed by atoms with Gasteiger partial charge in [-0.15, -0.1) is 11.6 Å². The Morgan fingerprint density at radius 1 is 0.524 bits per heavy atom. The van der Waals surface area contributed by atoms with Crippen molar-refractivity contribution in [3.05, 3.63) is 0 Å². The summed E-state index contributed by atoms with van der Waals surface area (Å²) in [5.41, 5.74) is 0.